The highest BCUT2D eigenvalue weighted by Crippen LogP contribution is 2.31. The number of hydrogen-bond acceptors (Lipinski definition) is 1. The van der Waals surface area contributed by atoms with Crippen LogP contribution in [0.1, 0.15) is 20.8 Å². The summed E-state index contributed by atoms with van der Waals surface area (Å²) in [5.74, 6) is 0. The standard InChI is InChI=1S/C5H10F2S/c1-4(2)8-5(3,6)7/h4H,1-3H3. The highest BCUT2D eigenvalue weighted by atomic mass is 32.2. The lowest BCUT2D eigenvalue weighted by atomic mass is 10.6. The Kier molecular flexibility index (Phi) is 2.74. The van der Waals surface area contributed by atoms with Crippen molar-refractivity contribution in [2.75, 3.05) is 0 Å². The molecule has 0 radical (unpaired) electrons. The summed E-state index contributed by atoms with van der Waals surface area (Å²) < 4.78 is 23.9. The number of rotatable bonds is 2. The molecule has 0 fully saturated rings. The Morgan fingerprint density at radius 2 is 1.75 bits per heavy atom. The zero-order valence-corrected chi connectivity index (χ0v) is 6.06. The van der Waals surface area contributed by atoms with Crippen molar-refractivity contribution >= 4 is 11.8 Å². The van der Waals surface area contributed by atoms with E-state index in [2.05, 4.69) is 0 Å². The van der Waals surface area contributed by atoms with Crippen LogP contribution in [0.5, 0.6) is 0 Å². The number of alkyl halides is 2. The van der Waals surface area contributed by atoms with Crippen LogP contribution in [-0.4, -0.2) is 10.5 Å². The van der Waals surface area contributed by atoms with Gasteiger partial charge in [-0.1, -0.05) is 25.6 Å². The van der Waals surface area contributed by atoms with Gasteiger partial charge in [-0.05, 0) is 0 Å². The predicted molar refractivity (Wildman–Crippen MR) is 33.3 cm³/mol. The minimum absolute atomic E-state index is 0.00926. The summed E-state index contributed by atoms with van der Waals surface area (Å²) in [7, 11) is 0. The topological polar surface area (TPSA) is 0 Å². The summed E-state index contributed by atoms with van der Waals surface area (Å²) in [6.07, 6.45) is 0. The lowest BCUT2D eigenvalue weighted by molar-refractivity contribution is 0.128. The molecule has 0 saturated heterocycles. The van der Waals surface area contributed by atoms with E-state index in [1.807, 2.05) is 0 Å². The normalized spacial score (nSPS) is 12.8. The third-order valence-electron chi connectivity index (χ3n) is 0.443. The maximum absolute atomic E-state index is 11.9. The lowest BCUT2D eigenvalue weighted by Crippen LogP contribution is -2.06. The molecule has 0 aromatic carbocycles. The average Bonchev–Trinajstić information content (AvgIpc) is 1.21. The van der Waals surface area contributed by atoms with Gasteiger partial charge in [0.2, 0.25) is 0 Å². The minimum Gasteiger partial charge on any atom is -0.195 e. The highest BCUT2D eigenvalue weighted by Gasteiger charge is 2.22. The van der Waals surface area contributed by atoms with Crippen molar-refractivity contribution in [2.24, 2.45) is 0 Å². The molecule has 0 unspecified atom stereocenters. The first-order valence-corrected chi connectivity index (χ1v) is 3.35. The van der Waals surface area contributed by atoms with Gasteiger partial charge in [0.15, 0.2) is 0 Å². The second-order valence-electron chi connectivity index (χ2n) is 1.97. The molecule has 8 heavy (non-hydrogen) atoms. The van der Waals surface area contributed by atoms with Gasteiger partial charge < -0.3 is 0 Å². The smallest absolute Gasteiger partial charge is 0.195 e. The highest BCUT2D eigenvalue weighted by molar-refractivity contribution is 8.00. The van der Waals surface area contributed by atoms with E-state index in [1.165, 1.54) is 0 Å². The molecule has 0 aliphatic rings. The molecule has 0 aromatic rings. The Hall–Kier alpha value is 0.210. The van der Waals surface area contributed by atoms with Crippen molar-refractivity contribution in [2.45, 2.75) is 31.3 Å². The number of hydrogen-bond donors (Lipinski definition) is 0. The second-order valence-corrected chi connectivity index (χ2v) is 3.87. The van der Waals surface area contributed by atoms with Crippen molar-refractivity contribution < 1.29 is 8.78 Å². The maximum Gasteiger partial charge on any atom is 0.291 e. The van der Waals surface area contributed by atoms with Crippen molar-refractivity contribution in [1.29, 1.82) is 0 Å². The van der Waals surface area contributed by atoms with Gasteiger partial charge in [-0.15, -0.1) is 0 Å². The molecule has 0 nitrogen and oxygen atoms in total. The Morgan fingerprint density at radius 1 is 1.38 bits per heavy atom. The van der Waals surface area contributed by atoms with Gasteiger partial charge >= 0.3 is 0 Å². The van der Waals surface area contributed by atoms with Crippen molar-refractivity contribution in [3.8, 4) is 0 Å². The molecule has 0 rings (SSSR count). The third-order valence-corrected chi connectivity index (χ3v) is 1.33. The maximum atomic E-state index is 11.9. The fraction of sp³-hybridized carbons (Fsp3) is 1.00. The molecule has 0 heterocycles. The number of thioether (sulfide) groups is 1. The van der Waals surface area contributed by atoms with Gasteiger partial charge in [0.05, 0.1) is 0 Å². The van der Waals surface area contributed by atoms with Gasteiger partial charge in [-0.2, -0.15) is 8.78 Å². The van der Waals surface area contributed by atoms with Crippen LogP contribution >= 0.6 is 11.8 Å². The lowest BCUT2D eigenvalue weighted by Gasteiger charge is -2.10. The Labute approximate surface area is 52.7 Å². The molecule has 0 saturated carbocycles. The minimum atomic E-state index is -2.56. The van der Waals surface area contributed by atoms with E-state index in [1.54, 1.807) is 13.8 Å². The zero-order valence-electron chi connectivity index (χ0n) is 5.24. The van der Waals surface area contributed by atoms with Crippen molar-refractivity contribution in [3.05, 3.63) is 0 Å². The van der Waals surface area contributed by atoms with Crippen molar-refractivity contribution in [3.63, 3.8) is 0 Å². The largest absolute Gasteiger partial charge is 0.291 e. The first-order valence-electron chi connectivity index (χ1n) is 2.47. The molecule has 0 atom stereocenters. The molecular weight excluding hydrogens is 130 g/mol. The van der Waals surface area contributed by atoms with Crippen LogP contribution < -0.4 is 0 Å². The van der Waals surface area contributed by atoms with Crippen LogP contribution in [-0.2, 0) is 0 Å². The Balaban J connectivity index is 3.39. The zero-order chi connectivity index (χ0) is 6.78. The molecule has 0 aromatic heterocycles. The summed E-state index contributed by atoms with van der Waals surface area (Å²) in [5.41, 5.74) is 0. The van der Waals surface area contributed by atoms with E-state index < -0.39 is 5.25 Å². The van der Waals surface area contributed by atoms with E-state index in [9.17, 15) is 8.78 Å². The fourth-order valence-corrected chi connectivity index (χ4v) is 1.24. The van der Waals surface area contributed by atoms with E-state index in [-0.39, 0.29) is 5.25 Å². The summed E-state index contributed by atoms with van der Waals surface area (Å²) in [4.78, 5) is 0. The SMILES string of the molecule is CC(C)SC(C)(F)F. The van der Waals surface area contributed by atoms with E-state index in [0.717, 1.165) is 6.92 Å². The quantitative estimate of drug-likeness (QED) is 0.568. The Bertz CT molecular complexity index is 65.3. The Morgan fingerprint density at radius 3 is 1.75 bits per heavy atom. The predicted octanol–water partition coefficient (Wildman–Crippen LogP) is 2.74. The second kappa shape index (κ2) is 2.67. The average molecular weight is 140 g/mol. The first kappa shape index (κ1) is 8.21. The van der Waals surface area contributed by atoms with Gasteiger partial charge in [-0.3, -0.25) is 0 Å². The van der Waals surface area contributed by atoms with Crippen LogP contribution in [0.3, 0.4) is 0 Å². The first-order chi connectivity index (χ1) is 3.42. The van der Waals surface area contributed by atoms with E-state index in [4.69, 9.17) is 0 Å². The van der Waals surface area contributed by atoms with E-state index >= 15 is 0 Å². The molecule has 3 heteroatoms. The molecule has 0 aliphatic heterocycles. The molecule has 0 amide bonds. The van der Waals surface area contributed by atoms with Crippen LogP contribution in [0.2, 0.25) is 0 Å². The molecule has 50 valence electrons. The van der Waals surface area contributed by atoms with Gasteiger partial charge in [0.25, 0.3) is 5.25 Å². The van der Waals surface area contributed by atoms with Crippen LogP contribution in [0, 0.1) is 0 Å². The molecule has 0 N–H and O–H groups in total. The van der Waals surface area contributed by atoms with Crippen LogP contribution in [0.4, 0.5) is 8.78 Å². The molecular formula is C5H10F2S. The van der Waals surface area contributed by atoms with Crippen LogP contribution in [0.25, 0.3) is 0 Å². The number of halogens is 2. The molecule has 0 bridgehead atoms. The van der Waals surface area contributed by atoms with Gasteiger partial charge in [-0.25, -0.2) is 0 Å². The molecule has 0 aliphatic carbocycles. The monoisotopic (exact) mass is 140 g/mol. The third kappa shape index (κ3) is 6.21. The molecule has 0 spiro atoms. The van der Waals surface area contributed by atoms with Gasteiger partial charge in [0, 0.05) is 12.2 Å². The van der Waals surface area contributed by atoms with Crippen LogP contribution in [0.15, 0.2) is 0 Å². The van der Waals surface area contributed by atoms with E-state index in [0.29, 0.717) is 11.8 Å². The van der Waals surface area contributed by atoms with Gasteiger partial charge in [0.1, 0.15) is 0 Å². The van der Waals surface area contributed by atoms with Crippen molar-refractivity contribution in [1.82, 2.24) is 0 Å². The summed E-state index contributed by atoms with van der Waals surface area (Å²) >= 11 is 0.678. The summed E-state index contributed by atoms with van der Waals surface area (Å²) in [5, 5.41) is -2.55. The summed E-state index contributed by atoms with van der Waals surface area (Å²) in [6.45, 7) is 4.42. The fourth-order valence-electron chi connectivity index (χ4n) is 0.414. The summed E-state index contributed by atoms with van der Waals surface area (Å²) in [6, 6.07) is 0.